The summed E-state index contributed by atoms with van der Waals surface area (Å²) in [7, 11) is 0. The van der Waals surface area contributed by atoms with Gasteiger partial charge >= 0.3 is 0 Å². The van der Waals surface area contributed by atoms with Gasteiger partial charge in [-0.2, -0.15) is 0 Å². The van der Waals surface area contributed by atoms with Gasteiger partial charge in [0, 0.05) is 29.6 Å². The molecular formula is C23H26N6O2S. The highest BCUT2D eigenvalue weighted by atomic mass is 32.2. The van der Waals surface area contributed by atoms with Crippen LogP contribution >= 0.6 is 11.8 Å². The van der Waals surface area contributed by atoms with E-state index in [0.717, 1.165) is 30.7 Å². The van der Waals surface area contributed by atoms with Crippen LogP contribution in [0.3, 0.4) is 0 Å². The second-order valence-corrected chi connectivity index (χ2v) is 8.85. The van der Waals surface area contributed by atoms with Crippen molar-refractivity contribution in [1.82, 2.24) is 30.6 Å². The Morgan fingerprint density at radius 1 is 1.06 bits per heavy atom. The number of thioether (sulfide) groups is 1. The number of nitrogens with one attached hydrogen (secondary N) is 2. The van der Waals surface area contributed by atoms with Crippen molar-refractivity contribution in [1.29, 1.82) is 0 Å². The van der Waals surface area contributed by atoms with Crippen molar-refractivity contribution < 1.29 is 9.59 Å². The molecule has 1 aliphatic rings. The van der Waals surface area contributed by atoms with Gasteiger partial charge in [0.15, 0.2) is 11.0 Å². The number of aromatic nitrogens is 4. The van der Waals surface area contributed by atoms with Crippen LogP contribution in [0.25, 0.3) is 11.4 Å². The molecule has 0 spiro atoms. The number of nitrogens with zero attached hydrogens (tertiary/aromatic N) is 4. The summed E-state index contributed by atoms with van der Waals surface area (Å²) in [5, 5.41) is 9.54. The number of hydrogen-bond acceptors (Lipinski definition) is 6. The first-order valence-electron chi connectivity index (χ1n) is 10.8. The SMILES string of the molecule is C[C@@H]1CCCC[C@@H]1n1c(SCC(=O)NNC(=O)c2ccccc2)nnc1-c1cccnc1. The molecule has 32 heavy (non-hydrogen) atoms. The number of carbonyl (C=O) groups is 2. The van der Waals surface area contributed by atoms with Gasteiger partial charge < -0.3 is 0 Å². The maximum atomic E-state index is 12.4. The number of amides is 2. The van der Waals surface area contributed by atoms with E-state index in [2.05, 4.69) is 37.5 Å². The molecule has 0 bridgehead atoms. The average Bonchev–Trinajstić information content (AvgIpc) is 3.26. The Labute approximate surface area is 191 Å². The smallest absolute Gasteiger partial charge is 0.269 e. The molecule has 1 fully saturated rings. The van der Waals surface area contributed by atoms with Crippen LogP contribution in [0.2, 0.25) is 0 Å². The van der Waals surface area contributed by atoms with Gasteiger partial charge in [-0.05, 0) is 43.0 Å². The molecule has 9 heteroatoms. The molecule has 3 aromatic rings. The Hall–Kier alpha value is -3.20. The van der Waals surface area contributed by atoms with Crippen molar-refractivity contribution in [3.05, 3.63) is 60.4 Å². The molecule has 1 saturated carbocycles. The highest BCUT2D eigenvalue weighted by Crippen LogP contribution is 2.38. The fraction of sp³-hybridized carbons (Fsp3) is 0.348. The number of pyridine rings is 1. The molecule has 0 aliphatic heterocycles. The zero-order valence-corrected chi connectivity index (χ0v) is 18.7. The van der Waals surface area contributed by atoms with Gasteiger partial charge in [0.25, 0.3) is 5.91 Å². The van der Waals surface area contributed by atoms with E-state index in [1.807, 2.05) is 18.2 Å². The number of hydrazine groups is 1. The molecule has 2 amide bonds. The predicted molar refractivity (Wildman–Crippen MR) is 123 cm³/mol. The fourth-order valence-electron chi connectivity index (χ4n) is 4.00. The number of benzene rings is 1. The first-order chi connectivity index (χ1) is 15.6. The van der Waals surface area contributed by atoms with Gasteiger partial charge in [-0.3, -0.25) is 30.0 Å². The molecule has 2 N–H and O–H groups in total. The summed E-state index contributed by atoms with van der Waals surface area (Å²) in [5.74, 6) is 0.711. The molecule has 2 atom stereocenters. The monoisotopic (exact) mass is 450 g/mol. The van der Waals surface area contributed by atoms with Gasteiger partial charge in [0.05, 0.1) is 5.75 Å². The van der Waals surface area contributed by atoms with Gasteiger partial charge in [0.2, 0.25) is 5.91 Å². The average molecular weight is 451 g/mol. The minimum absolute atomic E-state index is 0.112. The summed E-state index contributed by atoms with van der Waals surface area (Å²) in [6.45, 7) is 2.26. The van der Waals surface area contributed by atoms with E-state index in [-0.39, 0.29) is 23.6 Å². The van der Waals surface area contributed by atoms with Crippen LogP contribution in [0.4, 0.5) is 0 Å². The van der Waals surface area contributed by atoms with Crippen molar-refractivity contribution in [2.45, 2.75) is 43.8 Å². The van der Waals surface area contributed by atoms with Crippen LogP contribution in [0.15, 0.2) is 60.0 Å². The van der Waals surface area contributed by atoms with E-state index in [9.17, 15) is 9.59 Å². The van der Waals surface area contributed by atoms with Crippen LogP contribution < -0.4 is 10.9 Å². The van der Waals surface area contributed by atoms with Crippen molar-refractivity contribution in [2.24, 2.45) is 5.92 Å². The minimum Gasteiger partial charge on any atom is -0.299 e. The first-order valence-corrected chi connectivity index (χ1v) is 11.7. The first kappa shape index (κ1) is 22.0. The Balaban J connectivity index is 1.45. The lowest BCUT2D eigenvalue weighted by molar-refractivity contribution is -0.119. The van der Waals surface area contributed by atoms with E-state index in [1.165, 1.54) is 18.2 Å². The van der Waals surface area contributed by atoms with Crippen molar-refractivity contribution in [2.75, 3.05) is 5.75 Å². The van der Waals surface area contributed by atoms with Gasteiger partial charge in [-0.15, -0.1) is 10.2 Å². The minimum atomic E-state index is -0.359. The predicted octanol–water partition coefficient (Wildman–Crippen LogP) is 3.64. The molecule has 0 saturated heterocycles. The summed E-state index contributed by atoms with van der Waals surface area (Å²) in [5.41, 5.74) is 6.30. The molecule has 2 heterocycles. The van der Waals surface area contributed by atoms with Gasteiger partial charge in [-0.25, -0.2) is 0 Å². The highest BCUT2D eigenvalue weighted by Gasteiger charge is 2.29. The molecule has 4 rings (SSSR count). The fourth-order valence-corrected chi connectivity index (χ4v) is 4.79. The zero-order chi connectivity index (χ0) is 22.3. The number of carbonyl (C=O) groups excluding carboxylic acids is 2. The molecule has 2 aromatic heterocycles. The second-order valence-electron chi connectivity index (χ2n) is 7.90. The molecule has 0 unspecified atom stereocenters. The Bertz CT molecular complexity index is 1060. The van der Waals surface area contributed by atoms with Crippen LogP contribution in [0.1, 0.15) is 49.0 Å². The van der Waals surface area contributed by atoms with E-state index < -0.39 is 0 Å². The van der Waals surface area contributed by atoms with E-state index in [1.54, 1.807) is 36.7 Å². The maximum Gasteiger partial charge on any atom is 0.269 e. The Morgan fingerprint density at radius 2 is 1.88 bits per heavy atom. The van der Waals surface area contributed by atoms with E-state index >= 15 is 0 Å². The van der Waals surface area contributed by atoms with Crippen LogP contribution in [-0.2, 0) is 4.79 Å². The van der Waals surface area contributed by atoms with Crippen LogP contribution in [0.5, 0.6) is 0 Å². The topological polar surface area (TPSA) is 102 Å². The molecule has 1 aliphatic carbocycles. The van der Waals surface area contributed by atoms with Gasteiger partial charge in [0.1, 0.15) is 0 Å². The van der Waals surface area contributed by atoms with Crippen molar-refractivity contribution in [3.8, 4) is 11.4 Å². The lowest BCUT2D eigenvalue weighted by Gasteiger charge is -2.31. The molecule has 8 nitrogen and oxygen atoms in total. The second kappa shape index (κ2) is 10.4. The quantitative estimate of drug-likeness (QED) is 0.439. The summed E-state index contributed by atoms with van der Waals surface area (Å²) in [6.07, 6.45) is 8.13. The lowest BCUT2D eigenvalue weighted by atomic mass is 9.85. The molecule has 0 radical (unpaired) electrons. The lowest BCUT2D eigenvalue weighted by Crippen LogP contribution is -2.42. The third kappa shape index (κ3) is 5.16. The summed E-state index contributed by atoms with van der Waals surface area (Å²) >= 11 is 1.32. The summed E-state index contributed by atoms with van der Waals surface area (Å²) in [4.78, 5) is 28.7. The third-order valence-electron chi connectivity index (χ3n) is 5.67. The zero-order valence-electron chi connectivity index (χ0n) is 17.9. The normalized spacial score (nSPS) is 18.2. The Morgan fingerprint density at radius 3 is 2.62 bits per heavy atom. The number of hydrogen-bond donors (Lipinski definition) is 2. The molecule has 1 aromatic carbocycles. The largest absolute Gasteiger partial charge is 0.299 e. The van der Waals surface area contributed by atoms with E-state index in [4.69, 9.17) is 0 Å². The number of rotatable bonds is 6. The van der Waals surface area contributed by atoms with E-state index in [0.29, 0.717) is 16.6 Å². The molecular weight excluding hydrogens is 424 g/mol. The summed E-state index contributed by atoms with van der Waals surface area (Å²) < 4.78 is 2.17. The van der Waals surface area contributed by atoms with Gasteiger partial charge in [-0.1, -0.05) is 49.7 Å². The van der Waals surface area contributed by atoms with Crippen molar-refractivity contribution >= 4 is 23.6 Å². The third-order valence-corrected chi connectivity index (χ3v) is 6.61. The van der Waals surface area contributed by atoms with Crippen LogP contribution in [0, 0.1) is 5.92 Å². The summed E-state index contributed by atoms with van der Waals surface area (Å²) in [6, 6.07) is 12.9. The molecule has 166 valence electrons. The Kier molecular flexibility index (Phi) is 7.16. The standard InChI is InChI=1S/C23H26N6O2S/c1-16-8-5-6-12-19(16)29-21(18-11-7-13-24-14-18)26-28-23(29)32-15-20(30)25-27-22(31)17-9-3-2-4-10-17/h2-4,7,9-11,13-14,16,19H,5-6,8,12,15H2,1H3,(H,25,30)(H,27,31)/t16-,19+/m1/s1. The highest BCUT2D eigenvalue weighted by molar-refractivity contribution is 7.99. The van der Waals surface area contributed by atoms with Crippen LogP contribution in [-0.4, -0.2) is 37.3 Å². The van der Waals surface area contributed by atoms with Crippen molar-refractivity contribution in [3.63, 3.8) is 0 Å². The maximum absolute atomic E-state index is 12.4.